The van der Waals surface area contributed by atoms with Crippen LogP contribution >= 0.6 is 12.6 Å². The van der Waals surface area contributed by atoms with Crippen molar-refractivity contribution in [2.24, 2.45) is 0 Å². The van der Waals surface area contributed by atoms with Crippen molar-refractivity contribution in [3.63, 3.8) is 0 Å². The van der Waals surface area contributed by atoms with Gasteiger partial charge in [0.05, 0.1) is 0 Å². The Balaban J connectivity index is 2.21. The Hall–Kier alpha value is -0.440. The molecule has 0 bridgehead atoms. The van der Waals surface area contributed by atoms with E-state index >= 15 is 0 Å². The Morgan fingerprint density at radius 3 is 3.00 bits per heavy atom. The number of hydrogen-bond acceptors (Lipinski definition) is 2. The summed E-state index contributed by atoms with van der Waals surface area (Å²) in [5, 5.41) is 2.98. The van der Waals surface area contributed by atoms with Crippen LogP contribution in [0.2, 0.25) is 0 Å². The van der Waals surface area contributed by atoms with Crippen LogP contribution < -0.4 is 5.32 Å². The molecule has 0 spiro atoms. The molecule has 0 aromatic carbocycles. The van der Waals surface area contributed by atoms with Crippen LogP contribution in [0.15, 0.2) is 12.2 Å². The van der Waals surface area contributed by atoms with Gasteiger partial charge in [-0.05, 0) is 25.0 Å². The number of hydrogen-bond donors (Lipinski definition) is 2. The highest BCUT2D eigenvalue weighted by atomic mass is 32.1. The molecule has 1 N–H and O–H groups in total. The zero-order chi connectivity index (χ0) is 8.81. The molecule has 1 aliphatic carbocycles. The van der Waals surface area contributed by atoms with Crippen molar-refractivity contribution < 1.29 is 4.79 Å². The summed E-state index contributed by atoms with van der Waals surface area (Å²) in [5.74, 6) is 0.763. The smallest absolute Gasteiger partial charge is 0.221 e. The van der Waals surface area contributed by atoms with E-state index < -0.39 is 0 Å². The highest BCUT2D eigenvalue weighted by molar-refractivity contribution is 7.80. The Kier molecular flexibility index (Phi) is 4.22. The summed E-state index contributed by atoms with van der Waals surface area (Å²) in [7, 11) is 0. The monoisotopic (exact) mass is 185 g/mol. The Morgan fingerprint density at radius 1 is 1.58 bits per heavy atom. The minimum Gasteiger partial charge on any atom is -0.353 e. The van der Waals surface area contributed by atoms with E-state index in [1.807, 2.05) is 0 Å². The predicted molar refractivity (Wildman–Crippen MR) is 53.4 cm³/mol. The molecule has 0 aliphatic heterocycles. The summed E-state index contributed by atoms with van der Waals surface area (Å²) < 4.78 is 0. The van der Waals surface area contributed by atoms with Gasteiger partial charge in [0, 0.05) is 12.5 Å². The van der Waals surface area contributed by atoms with Gasteiger partial charge in [-0.1, -0.05) is 12.2 Å². The Bertz CT molecular complexity index is 179. The molecule has 1 aliphatic rings. The maximum absolute atomic E-state index is 11.1. The fraction of sp³-hybridized carbons (Fsp3) is 0.667. The van der Waals surface area contributed by atoms with Gasteiger partial charge in [0.15, 0.2) is 0 Å². The third-order valence-electron chi connectivity index (χ3n) is 1.97. The third kappa shape index (κ3) is 3.30. The number of nitrogens with one attached hydrogen (secondary N) is 1. The Morgan fingerprint density at radius 2 is 2.42 bits per heavy atom. The third-order valence-corrected chi connectivity index (χ3v) is 2.20. The lowest BCUT2D eigenvalue weighted by atomic mass is 10.0. The standard InChI is InChI=1S/C9H15NOS/c11-9(6-7-12)10-8-4-2-1-3-5-8/h1-2,8,12H,3-7H2,(H,10,11). The average molecular weight is 185 g/mol. The minimum atomic E-state index is 0.130. The van der Waals surface area contributed by atoms with E-state index in [1.54, 1.807) is 0 Å². The largest absolute Gasteiger partial charge is 0.353 e. The quantitative estimate of drug-likeness (QED) is 0.507. The minimum absolute atomic E-state index is 0.130. The average Bonchev–Trinajstić information content (AvgIpc) is 2.06. The molecule has 0 saturated heterocycles. The van der Waals surface area contributed by atoms with Crippen molar-refractivity contribution in [3.8, 4) is 0 Å². The summed E-state index contributed by atoms with van der Waals surface area (Å²) in [6.07, 6.45) is 7.98. The van der Waals surface area contributed by atoms with E-state index in [0.717, 1.165) is 19.3 Å². The van der Waals surface area contributed by atoms with Gasteiger partial charge in [-0.25, -0.2) is 0 Å². The van der Waals surface area contributed by atoms with E-state index in [2.05, 4.69) is 30.1 Å². The van der Waals surface area contributed by atoms with Crippen LogP contribution in [-0.4, -0.2) is 17.7 Å². The van der Waals surface area contributed by atoms with Gasteiger partial charge in [0.2, 0.25) is 5.91 Å². The molecule has 1 rings (SSSR count). The van der Waals surface area contributed by atoms with Gasteiger partial charge in [-0.2, -0.15) is 12.6 Å². The van der Waals surface area contributed by atoms with Crippen LogP contribution in [0.25, 0.3) is 0 Å². The van der Waals surface area contributed by atoms with Gasteiger partial charge in [0.1, 0.15) is 0 Å². The first-order valence-corrected chi connectivity index (χ1v) is 5.01. The van der Waals surface area contributed by atoms with E-state index in [-0.39, 0.29) is 5.91 Å². The topological polar surface area (TPSA) is 29.1 Å². The van der Waals surface area contributed by atoms with Crippen molar-refractivity contribution >= 4 is 18.5 Å². The molecule has 0 aromatic heterocycles. The van der Waals surface area contributed by atoms with Crippen molar-refractivity contribution in [1.29, 1.82) is 0 Å². The molecule has 0 heterocycles. The fourth-order valence-electron chi connectivity index (χ4n) is 1.33. The van der Waals surface area contributed by atoms with Gasteiger partial charge in [-0.3, -0.25) is 4.79 Å². The molecule has 1 unspecified atom stereocenters. The van der Waals surface area contributed by atoms with Crippen LogP contribution in [0.1, 0.15) is 25.7 Å². The second-order valence-electron chi connectivity index (χ2n) is 3.02. The van der Waals surface area contributed by atoms with Crippen LogP contribution in [0.5, 0.6) is 0 Å². The number of carbonyl (C=O) groups excluding carboxylic acids is 1. The molecule has 0 aromatic rings. The lowest BCUT2D eigenvalue weighted by molar-refractivity contribution is -0.121. The van der Waals surface area contributed by atoms with Crippen LogP contribution in [0, 0.1) is 0 Å². The fourth-order valence-corrected chi connectivity index (χ4v) is 1.53. The summed E-state index contributed by atoms with van der Waals surface area (Å²) in [6.45, 7) is 0. The number of thiol groups is 1. The first kappa shape index (κ1) is 9.65. The van der Waals surface area contributed by atoms with Crippen LogP contribution in [0.4, 0.5) is 0 Å². The Labute approximate surface area is 78.8 Å². The number of carbonyl (C=O) groups is 1. The number of allylic oxidation sites excluding steroid dienone is 1. The van der Waals surface area contributed by atoms with Crippen molar-refractivity contribution in [3.05, 3.63) is 12.2 Å². The maximum atomic E-state index is 11.1. The first-order chi connectivity index (χ1) is 5.83. The van der Waals surface area contributed by atoms with E-state index in [9.17, 15) is 4.79 Å². The summed E-state index contributed by atoms with van der Waals surface area (Å²) in [6, 6.07) is 0.363. The van der Waals surface area contributed by atoms with Gasteiger partial charge >= 0.3 is 0 Å². The molecular weight excluding hydrogens is 170 g/mol. The lowest BCUT2D eigenvalue weighted by Gasteiger charge is -2.18. The number of rotatable bonds is 3. The normalized spacial score (nSPS) is 22.2. The highest BCUT2D eigenvalue weighted by Gasteiger charge is 2.11. The second kappa shape index (κ2) is 5.25. The molecule has 1 atom stereocenters. The summed E-state index contributed by atoms with van der Waals surface area (Å²) in [4.78, 5) is 11.1. The lowest BCUT2D eigenvalue weighted by Crippen LogP contribution is -2.35. The zero-order valence-electron chi connectivity index (χ0n) is 7.12. The van der Waals surface area contributed by atoms with E-state index in [4.69, 9.17) is 0 Å². The number of amides is 1. The van der Waals surface area contributed by atoms with Crippen LogP contribution in [0.3, 0.4) is 0 Å². The second-order valence-corrected chi connectivity index (χ2v) is 3.47. The molecule has 1 amide bonds. The molecule has 68 valence electrons. The maximum Gasteiger partial charge on any atom is 0.221 e. The van der Waals surface area contributed by atoms with Gasteiger partial charge in [-0.15, -0.1) is 0 Å². The van der Waals surface area contributed by atoms with Gasteiger partial charge < -0.3 is 5.32 Å². The van der Waals surface area contributed by atoms with Crippen molar-refractivity contribution in [2.45, 2.75) is 31.7 Å². The first-order valence-electron chi connectivity index (χ1n) is 4.38. The van der Waals surface area contributed by atoms with Crippen LogP contribution in [-0.2, 0) is 4.79 Å². The van der Waals surface area contributed by atoms with Crippen molar-refractivity contribution in [1.82, 2.24) is 5.32 Å². The zero-order valence-corrected chi connectivity index (χ0v) is 8.02. The molecule has 3 heteroatoms. The molecular formula is C9H15NOS. The SMILES string of the molecule is O=C(CCS)NC1CC=CCC1. The predicted octanol–water partition coefficient (Wildman–Crippen LogP) is 1.53. The molecule has 12 heavy (non-hydrogen) atoms. The highest BCUT2D eigenvalue weighted by Crippen LogP contribution is 2.10. The van der Waals surface area contributed by atoms with Crippen molar-refractivity contribution in [2.75, 3.05) is 5.75 Å². The molecule has 2 nitrogen and oxygen atoms in total. The van der Waals surface area contributed by atoms with Gasteiger partial charge in [0.25, 0.3) is 0 Å². The summed E-state index contributed by atoms with van der Waals surface area (Å²) >= 11 is 4.00. The van der Waals surface area contributed by atoms with E-state index in [1.165, 1.54) is 0 Å². The molecule has 0 fully saturated rings. The molecule has 0 saturated carbocycles. The molecule has 0 radical (unpaired) electrons. The summed E-state index contributed by atoms with van der Waals surface area (Å²) in [5.41, 5.74) is 0. The van der Waals surface area contributed by atoms with E-state index in [0.29, 0.717) is 18.2 Å².